The van der Waals surface area contributed by atoms with Crippen LogP contribution in [0.2, 0.25) is 0 Å². The van der Waals surface area contributed by atoms with Gasteiger partial charge in [-0.05, 0) is 25.0 Å². The van der Waals surface area contributed by atoms with Gasteiger partial charge >= 0.3 is 0 Å². The van der Waals surface area contributed by atoms with E-state index in [0.717, 1.165) is 6.07 Å². The zero-order chi connectivity index (χ0) is 14.7. The Morgan fingerprint density at radius 2 is 2.10 bits per heavy atom. The van der Waals surface area contributed by atoms with E-state index in [0.29, 0.717) is 30.5 Å². The van der Waals surface area contributed by atoms with Crippen LogP contribution in [0.25, 0.3) is 0 Å². The van der Waals surface area contributed by atoms with E-state index in [2.05, 4.69) is 15.9 Å². The van der Waals surface area contributed by atoms with Crippen molar-refractivity contribution in [3.8, 4) is 0 Å². The van der Waals surface area contributed by atoms with Crippen molar-refractivity contribution in [3.05, 3.63) is 34.1 Å². The van der Waals surface area contributed by atoms with Gasteiger partial charge in [0.25, 0.3) is 5.91 Å². The van der Waals surface area contributed by atoms with E-state index < -0.39 is 17.9 Å². The topological polar surface area (TPSA) is 29.5 Å². The third-order valence-corrected chi connectivity index (χ3v) is 4.03. The number of rotatable bonds is 3. The maximum atomic E-state index is 14.2. The lowest BCUT2D eigenvalue weighted by atomic mass is 10.0. The number of ether oxygens (including phenoxy) is 1. The van der Waals surface area contributed by atoms with Gasteiger partial charge in [-0.3, -0.25) is 4.79 Å². The number of hydrogen-bond acceptors (Lipinski definition) is 2. The lowest BCUT2D eigenvalue weighted by molar-refractivity contribution is -0.139. The minimum atomic E-state index is -1.98. The molecule has 1 aromatic carbocycles. The first-order chi connectivity index (χ1) is 9.50. The zero-order valence-corrected chi connectivity index (χ0v) is 12.7. The van der Waals surface area contributed by atoms with Crippen LogP contribution in [-0.2, 0) is 9.53 Å². The average Bonchev–Trinajstić information content (AvgIpc) is 2.46. The maximum Gasteiger partial charge on any atom is 0.261 e. The van der Waals surface area contributed by atoms with E-state index in [-0.39, 0.29) is 11.6 Å². The van der Waals surface area contributed by atoms with Crippen LogP contribution >= 0.6 is 15.9 Å². The van der Waals surface area contributed by atoms with Crippen LogP contribution in [0.5, 0.6) is 0 Å². The first-order valence-electron chi connectivity index (χ1n) is 6.44. The van der Waals surface area contributed by atoms with Gasteiger partial charge in [0.15, 0.2) is 0 Å². The van der Waals surface area contributed by atoms with Crippen molar-refractivity contribution in [1.82, 2.24) is 4.90 Å². The molecular formula is C14H16BrF2NO2. The van der Waals surface area contributed by atoms with Crippen molar-refractivity contribution in [2.75, 3.05) is 20.3 Å². The molecule has 1 aliphatic heterocycles. The van der Waals surface area contributed by atoms with E-state index in [1.54, 1.807) is 7.05 Å². The van der Waals surface area contributed by atoms with Gasteiger partial charge in [0.05, 0.1) is 0 Å². The number of alkyl halides is 1. The van der Waals surface area contributed by atoms with Gasteiger partial charge in [-0.2, -0.15) is 0 Å². The summed E-state index contributed by atoms with van der Waals surface area (Å²) in [4.78, 5) is 13.5. The van der Waals surface area contributed by atoms with Gasteiger partial charge in [-0.25, -0.2) is 8.78 Å². The summed E-state index contributed by atoms with van der Waals surface area (Å²) in [6.07, 6.45) is -0.619. The molecule has 1 heterocycles. The molecule has 6 heteroatoms. The summed E-state index contributed by atoms with van der Waals surface area (Å²) in [5.74, 6) is -1.43. The van der Waals surface area contributed by atoms with Gasteiger partial charge in [-0.15, -0.1) is 0 Å². The molecule has 0 spiro atoms. The van der Waals surface area contributed by atoms with Crippen LogP contribution in [0.4, 0.5) is 8.78 Å². The van der Waals surface area contributed by atoms with Crippen molar-refractivity contribution in [2.45, 2.75) is 25.1 Å². The predicted molar refractivity (Wildman–Crippen MR) is 74.6 cm³/mol. The molecule has 110 valence electrons. The number of carbonyl (C=O) groups excluding carboxylic acids is 1. The molecule has 3 nitrogen and oxygen atoms in total. The summed E-state index contributed by atoms with van der Waals surface area (Å²) in [5.41, 5.74) is -0.225. The molecule has 2 rings (SSSR count). The number of halogens is 3. The lowest BCUT2D eigenvalue weighted by Gasteiger charge is -2.32. The fourth-order valence-electron chi connectivity index (χ4n) is 2.27. The van der Waals surface area contributed by atoms with Crippen LogP contribution in [0.15, 0.2) is 22.7 Å². The molecule has 0 aromatic heterocycles. The standard InChI is InChI=1S/C14H16BrF2NO2/c1-18(10-4-6-20-7-5-10)14(19)13(17)11-3-2-9(15)8-12(11)16/h2-3,8,10,13H,4-7H2,1H3. The Bertz CT molecular complexity index is 492. The summed E-state index contributed by atoms with van der Waals surface area (Å²) in [6, 6.07) is 3.92. The number of likely N-dealkylation sites (N-methyl/N-ethyl adjacent to an activating group) is 1. The molecule has 0 bridgehead atoms. The van der Waals surface area contributed by atoms with E-state index in [1.807, 2.05) is 0 Å². The Morgan fingerprint density at radius 3 is 2.70 bits per heavy atom. The SMILES string of the molecule is CN(C(=O)C(F)c1ccc(Br)cc1F)C1CCOCC1. The van der Waals surface area contributed by atoms with E-state index in [9.17, 15) is 13.6 Å². The quantitative estimate of drug-likeness (QED) is 0.839. The van der Waals surface area contributed by atoms with Crippen LogP contribution in [-0.4, -0.2) is 37.1 Å². The molecule has 1 unspecified atom stereocenters. The number of nitrogens with zero attached hydrogens (tertiary/aromatic N) is 1. The smallest absolute Gasteiger partial charge is 0.261 e. The van der Waals surface area contributed by atoms with E-state index >= 15 is 0 Å². The summed E-state index contributed by atoms with van der Waals surface area (Å²) >= 11 is 3.10. The van der Waals surface area contributed by atoms with Crippen molar-refractivity contribution in [2.24, 2.45) is 0 Å². The highest BCUT2D eigenvalue weighted by Crippen LogP contribution is 2.27. The minimum absolute atomic E-state index is 0.0481. The van der Waals surface area contributed by atoms with Crippen LogP contribution < -0.4 is 0 Å². The number of carbonyl (C=O) groups is 1. The predicted octanol–water partition coefficient (Wildman–Crippen LogP) is 3.24. The Labute approximate surface area is 125 Å². The van der Waals surface area contributed by atoms with E-state index in [4.69, 9.17) is 4.74 Å². The van der Waals surface area contributed by atoms with Gasteiger partial charge in [0.1, 0.15) is 5.82 Å². The van der Waals surface area contributed by atoms with Crippen molar-refractivity contribution < 1.29 is 18.3 Å². The molecular weight excluding hydrogens is 332 g/mol. The molecule has 20 heavy (non-hydrogen) atoms. The largest absolute Gasteiger partial charge is 0.381 e. The van der Waals surface area contributed by atoms with Crippen LogP contribution in [0, 0.1) is 5.82 Å². The second kappa shape index (κ2) is 6.63. The normalized spacial score (nSPS) is 17.8. The highest BCUT2D eigenvalue weighted by Gasteiger charge is 2.30. The number of hydrogen-bond donors (Lipinski definition) is 0. The van der Waals surface area contributed by atoms with Crippen molar-refractivity contribution >= 4 is 21.8 Å². The Morgan fingerprint density at radius 1 is 1.45 bits per heavy atom. The van der Waals surface area contributed by atoms with Gasteiger partial charge in [0.2, 0.25) is 6.17 Å². The van der Waals surface area contributed by atoms with Crippen LogP contribution in [0.1, 0.15) is 24.6 Å². The molecule has 1 atom stereocenters. The highest BCUT2D eigenvalue weighted by atomic mass is 79.9. The van der Waals surface area contributed by atoms with Crippen molar-refractivity contribution in [3.63, 3.8) is 0 Å². The second-order valence-electron chi connectivity index (χ2n) is 4.82. The average molecular weight is 348 g/mol. The van der Waals surface area contributed by atoms with Gasteiger partial charge in [0, 0.05) is 36.3 Å². The number of benzene rings is 1. The molecule has 0 saturated carbocycles. The summed E-state index contributed by atoms with van der Waals surface area (Å²) in [6.45, 7) is 1.12. The van der Waals surface area contributed by atoms with Gasteiger partial charge < -0.3 is 9.64 Å². The van der Waals surface area contributed by atoms with Crippen LogP contribution in [0.3, 0.4) is 0 Å². The Balaban J connectivity index is 2.10. The molecule has 1 fully saturated rings. The lowest BCUT2D eigenvalue weighted by Crippen LogP contribution is -2.42. The minimum Gasteiger partial charge on any atom is -0.381 e. The van der Waals surface area contributed by atoms with Crippen molar-refractivity contribution in [1.29, 1.82) is 0 Å². The third-order valence-electron chi connectivity index (χ3n) is 3.54. The Kier molecular flexibility index (Phi) is 5.10. The maximum absolute atomic E-state index is 14.2. The highest BCUT2D eigenvalue weighted by molar-refractivity contribution is 9.10. The monoisotopic (exact) mass is 347 g/mol. The summed E-state index contributed by atoms with van der Waals surface area (Å²) in [5, 5.41) is 0. The first-order valence-corrected chi connectivity index (χ1v) is 7.23. The fraction of sp³-hybridized carbons (Fsp3) is 0.500. The Hall–Kier alpha value is -1.01. The van der Waals surface area contributed by atoms with E-state index in [1.165, 1.54) is 17.0 Å². The first kappa shape index (κ1) is 15.4. The molecule has 1 saturated heterocycles. The third kappa shape index (κ3) is 3.35. The number of amides is 1. The summed E-state index contributed by atoms with van der Waals surface area (Å²) < 4.78 is 33.7. The second-order valence-corrected chi connectivity index (χ2v) is 5.74. The fourth-order valence-corrected chi connectivity index (χ4v) is 2.60. The molecule has 1 aromatic rings. The molecule has 1 amide bonds. The summed E-state index contributed by atoms with van der Waals surface area (Å²) in [7, 11) is 1.56. The van der Waals surface area contributed by atoms with Gasteiger partial charge in [-0.1, -0.05) is 22.0 Å². The zero-order valence-electron chi connectivity index (χ0n) is 11.1. The molecule has 1 aliphatic rings. The molecule has 0 N–H and O–H groups in total. The molecule has 0 radical (unpaired) electrons. The molecule has 0 aliphatic carbocycles.